The lowest BCUT2D eigenvalue weighted by molar-refractivity contribution is 0.0952. The van der Waals surface area contributed by atoms with E-state index in [0.717, 1.165) is 6.42 Å². The molecule has 0 radical (unpaired) electrons. The number of aryl methyl sites for hydroxylation is 1. The second-order valence-electron chi connectivity index (χ2n) is 4.52. The van der Waals surface area contributed by atoms with E-state index < -0.39 is 0 Å². The van der Waals surface area contributed by atoms with Gasteiger partial charge in [-0.05, 0) is 25.5 Å². The normalized spacial score (nSPS) is 10.5. The van der Waals surface area contributed by atoms with Gasteiger partial charge in [-0.3, -0.25) is 4.79 Å². The van der Waals surface area contributed by atoms with E-state index in [9.17, 15) is 4.79 Å². The Bertz CT molecular complexity index is 630. The Morgan fingerprint density at radius 3 is 2.95 bits per heavy atom. The Labute approximate surface area is 137 Å². The van der Waals surface area contributed by atoms with Crippen LogP contribution in [-0.2, 0) is 4.74 Å². The molecule has 0 unspecified atom stereocenters. The van der Waals surface area contributed by atoms with Gasteiger partial charge in [0.25, 0.3) is 5.91 Å². The van der Waals surface area contributed by atoms with Crippen LogP contribution < -0.4 is 10.6 Å². The molecule has 0 saturated heterocycles. The van der Waals surface area contributed by atoms with Gasteiger partial charge < -0.3 is 15.4 Å². The zero-order chi connectivity index (χ0) is 15.9. The highest BCUT2D eigenvalue weighted by atomic mass is 35.5. The first-order chi connectivity index (χ1) is 10.6. The number of rotatable bonds is 7. The minimum absolute atomic E-state index is 0.122. The number of anilines is 2. The van der Waals surface area contributed by atoms with Crippen LogP contribution in [0.4, 0.5) is 10.9 Å². The van der Waals surface area contributed by atoms with Crippen LogP contribution in [0.25, 0.3) is 0 Å². The summed E-state index contributed by atoms with van der Waals surface area (Å²) in [6.07, 6.45) is 2.33. The maximum absolute atomic E-state index is 12.1. The van der Waals surface area contributed by atoms with E-state index in [4.69, 9.17) is 16.3 Å². The van der Waals surface area contributed by atoms with Crippen molar-refractivity contribution in [3.8, 4) is 0 Å². The van der Waals surface area contributed by atoms with Crippen molar-refractivity contribution in [3.63, 3.8) is 0 Å². The third-order valence-electron chi connectivity index (χ3n) is 2.78. The lowest BCUT2D eigenvalue weighted by Crippen LogP contribution is -2.24. The number of methoxy groups -OCH3 is 1. The van der Waals surface area contributed by atoms with Crippen LogP contribution in [-0.4, -0.2) is 36.1 Å². The molecule has 0 bridgehead atoms. The first-order valence-corrected chi connectivity index (χ1v) is 7.92. The van der Waals surface area contributed by atoms with Crippen LogP contribution in [0, 0.1) is 6.92 Å². The summed E-state index contributed by atoms with van der Waals surface area (Å²) in [5.74, 6) is 0.508. The van der Waals surface area contributed by atoms with Gasteiger partial charge in [0.1, 0.15) is 10.7 Å². The molecule has 0 spiro atoms. The molecule has 1 amide bonds. The Morgan fingerprint density at radius 2 is 2.27 bits per heavy atom. The van der Waals surface area contributed by atoms with Gasteiger partial charge in [0, 0.05) is 26.5 Å². The van der Waals surface area contributed by atoms with Crippen molar-refractivity contribution in [2.75, 3.05) is 25.6 Å². The Kier molecular flexibility index (Phi) is 6.11. The van der Waals surface area contributed by atoms with E-state index in [-0.39, 0.29) is 5.91 Å². The Morgan fingerprint density at radius 1 is 1.45 bits per heavy atom. The standard InChI is InChI=1S/C14H17ClN4O2S/c1-9-12(13(20)16-6-3-7-21-2)22-14(18-9)19-11-5-4-10(15)8-17-11/h4-5,8H,3,6-7H2,1-2H3,(H,16,20)(H,17,18,19). The van der Waals surface area contributed by atoms with E-state index in [0.29, 0.717) is 39.7 Å². The molecule has 0 fully saturated rings. The number of nitrogens with one attached hydrogen (secondary N) is 2. The monoisotopic (exact) mass is 340 g/mol. The molecule has 22 heavy (non-hydrogen) atoms. The number of ether oxygens (including phenoxy) is 1. The third kappa shape index (κ3) is 4.66. The number of thiazole rings is 1. The first kappa shape index (κ1) is 16.7. The summed E-state index contributed by atoms with van der Waals surface area (Å²) >= 11 is 7.08. The van der Waals surface area contributed by atoms with Crippen molar-refractivity contribution in [2.24, 2.45) is 0 Å². The van der Waals surface area contributed by atoms with Crippen LogP contribution >= 0.6 is 22.9 Å². The van der Waals surface area contributed by atoms with Crippen LogP contribution in [0.15, 0.2) is 18.3 Å². The predicted molar refractivity (Wildman–Crippen MR) is 88.2 cm³/mol. The molecule has 6 nitrogen and oxygen atoms in total. The molecule has 0 saturated carbocycles. The summed E-state index contributed by atoms with van der Waals surface area (Å²) in [6, 6.07) is 3.49. The zero-order valence-electron chi connectivity index (χ0n) is 12.4. The summed E-state index contributed by atoms with van der Waals surface area (Å²) < 4.78 is 4.94. The molecule has 8 heteroatoms. The molecule has 0 aliphatic heterocycles. The molecule has 2 aromatic heterocycles. The van der Waals surface area contributed by atoms with Gasteiger partial charge in [-0.2, -0.15) is 0 Å². The number of hydrogen-bond acceptors (Lipinski definition) is 6. The number of pyridine rings is 1. The van der Waals surface area contributed by atoms with Crippen molar-refractivity contribution in [2.45, 2.75) is 13.3 Å². The minimum atomic E-state index is -0.122. The molecule has 0 aromatic carbocycles. The van der Waals surface area contributed by atoms with Gasteiger partial charge in [0.05, 0.1) is 10.7 Å². The van der Waals surface area contributed by atoms with E-state index in [1.54, 1.807) is 32.4 Å². The maximum atomic E-state index is 12.1. The van der Waals surface area contributed by atoms with Crippen molar-refractivity contribution in [3.05, 3.63) is 33.9 Å². The number of carbonyl (C=O) groups excluding carboxylic acids is 1. The van der Waals surface area contributed by atoms with E-state index in [2.05, 4.69) is 20.6 Å². The summed E-state index contributed by atoms with van der Waals surface area (Å²) in [4.78, 5) is 21.2. The molecule has 2 N–H and O–H groups in total. The molecular weight excluding hydrogens is 324 g/mol. The summed E-state index contributed by atoms with van der Waals surface area (Å²) in [5, 5.41) is 7.10. The molecular formula is C14H17ClN4O2S. The summed E-state index contributed by atoms with van der Waals surface area (Å²) in [7, 11) is 1.64. The molecule has 0 atom stereocenters. The topological polar surface area (TPSA) is 76.1 Å². The zero-order valence-corrected chi connectivity index (χ0v) is 13.9. The van der Waals surface area contributed by atoms with Crippen molar-refractivity contribution in [1.82, 2.24) is 15.3 Å². The number of carbonyl (C=O) groups is 1. The van der Waals surface area contributed by atoms with E-state index in [1.165, 1.54) is 11.3 Å². The highest BCUT2D eigenvalue weighted by Gasteiger charge is 2.15. The minimum Gasteiger partial charge on any atom is -0.385 e. The van der Waals surface area contributed by atoms with Crippen LogP contribution in [0.3, 0.4) is 0 Å². The fraction of sp³-hybridized carbons (Fsp3) is 0.357. The first-order valence-electron chi connectivity index (χ1n) is 6.73. The van der Waals surface area contributed by atoms with Gasteiger partial charge in [-0.25, -0.2) is 9.97 Å². The third-order valence-corrected chi connectivity index (χ3v) is 4.07. The number of nitrogens with zero attached hydrogens (tertiary/aromatic N) is 2. The van der Waals surface area contributed by atoms with Crippen molar-refractivity contribution in [1.29, 1.82) is 0 Å². The van der Waals surface area contributed by atoms with Gasteiger partial charge in [-0.15, -0.1) is 0 Å². The number of aromatic nitrogens is 2. The SMILES string of the molecule is COCCCNC(=O)c1sc(Nc2ccc(Cl)cn2)nc1C. The second-order valence-corrected chi connectivity index (χ2v) is 5.96. The smallest absolute Gasteiger partial charge is 0.263 e. The number of amides is 1. The quantitative estimate of drug-likeness (QED) is 0.758. The fourth-order valence-electron chi connectivity index (χ4n) is 1.72. The van der Waals surface area contributed by atoms with E-state index >= 15 is 0 Å². The Hall–Kier alpha value is -1.70. The maximum Gasteiger partial charge on any atom is 0.263 e. The van der Waals surface area contributed by atoms with Gasteiger partial charge >= 0.3 is 0 Å². The summed E-state index contributed by atoms with van der Waals surface area (Å²) in [5.41, 5.74) is 0.686. The second kappa shape index (κ2) is 8.07. The highest BCUT2D eigenvalue weighted by molar-refractivity contribution is 7.17. The van der Waals surface area contributed by atoms with Crippen molar-refractivity contribution < 1.29 is 9.53 Å². The highest BCUT2D eigenvalue weighted by Crippen LogP contribution is 2.25. The van der Waals surface area contributed by atoms with Gasteiger partial charge in [0.2, 0.25) is 0 Å². The van der Waals surface area contributed by atoms with Gasteiger partial charge in [0.15, 0.2) is 5.13 Å². The average molecular weight is 341 g/mol. The van der Waals surface area contributed by atoms with E-state index in [1.807, 2.05) is 0 Å². The van der Waals surface area contributed by atoms with Gasteiger partial charge in [-0.1, -0.05) is 22.9 Å². The largest absolute Gasteiger partial charge is 0.385 e. The van der Waals surface area contributed by atoms with Crippen LogP contribution in [0.5, 0.6) is 0 Å². The lowest BCUT2D eigenvalue weighted by atomic mass is 10.3. The van der Waals surface area contributed by atoms with Crippen LogP contribution in [0.1, 0.15) is 21.8 Å². The fourth-order valence-corrected chi connectivity index (χ4v) is 2.72. The van der Waals surface area contributed by atoms with Crippen molar-refractivity contribution >= 4 is 39.8 Å². The average Bonchev–Trinajstić information content (AvgIpc) is 2.86. The Balaban J connectivity index is 1.98. The molecule has 2 aromatic rings. The molecule has 2 rings (SSSR count). The lowest BCUT2D eigenvalue weighted by Gasteiger charge is -2.03. The molecule has 0 aliphatic carbocycles. The predicted octanol–water partition coefficient (Wildman–Crippen LogP) is 3.01. The van der Waals surface area contributed by atoms with Crippen LogP contribution in [0.2, 0.25) is 5.02 Å². The number of hydrogen-bond donors (Lipinski definition) is 2. The molecule has 118 valence electrons. The number of halogens is 1. The summed E-state index contributed by atoms with van der Waals surface area (Å²) in [6.45, 7) is 3.00. The molecule has 2 heterocycles. The molecule has 0 aliphatic rings.